The van der Waals surface area contributed by atoms with Gasteiger partial charge in [-0.3, -0.25) is 4.79 Å². The number of carbonyl (C=O) groups is 1. The highest BCUT2D eigenvalue weighted by atomic mass is 16.5. The molecule has 5 rings (SSSR count). The Hall–Kier alpha value is -4.46. The first-order valence-electron chi connectivity index (χ1n) is 11.3. The van der Waals surface area contributed by atoms with E-state index in [-0.39, 0.29) is 24.0 Å². The van der Waals surface area contributed by atoms with E-state index in [1.165, 1.54) is 4.40 Å². The lowest BCUT2D eigenvalue weighted by Crippen LogP contribution is -2.28. The fraction of sp³-hybridized carbons (Fsp3) is 0.185. The zero-order valence-corrected chi connectivity index (χ0v) is 20.0. The minimum absolute atomic E-state index is 0.194. The molecular weight excluding hydrogens is 442 g/mol. The first-order valence-corrected chi connectivity index (χ1v) is 11.3. The number of para-hydroxylation sites is 2. The number of ether oxygens (including phenoxy) is 1. The Balaban J connectivity index is 1.57. The summed E-state index contributed by atoms with van der Waals surface area (Å²) in [4.78, 5) is 30.8. The Morgan fingerprint density at radius 1 is 0.943 bits per heavy atom. The molecular formula is C27H25N5O3. The quantitative estimate of drug-likeness (QED) is 0.404. The summed E-state index contributed by atoms with van der Waals surface area (Å²) in [7, 11) is 0. The number of carbonyl (C=O) groups excluding carboxylic acids is 1. The Morgan fingerprint density at radius 3 is 2.46 bits per heavy atom. The van der Waals surface area contributed by atoms with Gasteiger partial charge in [-0.2, -0.15) is 0 Å². The molecule has 176 valence electrons. The third-order valence-corrected chi connectivity index (χ3v) is 5.75. The molecule has 3 aromatic carbocycles. The standard InChI is InChI=1S/C27H25N5O3/c1-16-9-10-19(4)22(14-16)28-24(33)15-31-27(34)32-23-8-6-5-7-21(23)29-26(25(32)30-31)35-20-12-17(2)11-18(3)13-20/h5-14H,15H2,1-4H3,(H,28,33). The van der Waals surface area contributed by atoms with Gasteiger partial charge in [0.25, 0.3) is 5.88 Å². The van der Waals surface area contributed by atoms with Crippen molar-refractivity contribution in [1.29, 1.82) is 0 Å². The van der Waals surface area contributed by atoms with Crippen molar-refractivity contribution in [2.24, 2.45) is 0 Å². The van der Waals surface area contributed by atoms with Gasteiger partial charge in [0.05, 0.1) is 11.0 Å². The van der Waals surface area contributed by atoms with Crippen LogP contribution in [0.4, 0.5) is 5.69 Å². The summed E-state index contributed by atoms with van der Waals surface area (Å²) in [6, 6.07) is 18.9. The van der Waals surface area contributed by atoms with Crippen LogP contribution in [0.2, 0.25) is 0 Å². The number of fused-ring (bicyclic) bond motifs is 3. The van der Waals surface area contributed by atoms with E-state index in [0.29, 0.717) is 22.5 Å². The van der Waals surface area contributed by atoms with Gasteiger partial charge < -0.3 is 10.1 Å². The van der Waals surface area contributed by atoms with Crippen LogP contribution in [0.5, 0.6) is 11.6 Å². The summed E-state index contributed by atoms with van der Waals surface area (Å²) >= 11 is 0. The van der Waals surface area contributed by atoms with Crippen molar-refractivity contribution in [1.82, 2.24) is 19.2 Å². The third kappa shape index (κ3) is 4.38. The molecule has 1 amide bonds. The number of benzene rings is 3. The van der Waals surface area contributed by atoms with Crippen LogP contribution in [-0.4, -0.2) is 25.1 Å². The van der Waals surface area contributed by atoms with E-state index in [2.05, 4.69) is 15.4 Å². The van der Waals surface area contributed by atoms with Gasteiger partial charge in [0, 0.05) is 5.69 Å². The first kappa shape index (κ1) is 22.3. The normalized spacial score (nSPS) is 11.2. The molecule has 2 heterocycles. The number of anilines is 1. The molecule has 35 heavy (non-hydrogen) atoms. The SMILES string of the molecule is Cc1cc(C)cc(Oc2nc3ccccc3n3c(=O)n(CC(=O)Nc4cc(C)ccc4C)nc23)c1. The molecule has 0 saturated carbocycles. The molecule has 2 aromatic heterocycles. The molecule has 0 atom stereocenters. The average Bonchev–Trinajstić information content (AvgIpc) is 3.12. The van der Waals surface area contributed by atoms with E-state index in [4.69, 9.17) is 4.74 Å². The van der Waals surface area contributed by atoms with Crippen LogP contribution < -0.4 is 15.7 Å². The maximum absolute atomic E-state index is 13.4. The van der Waals surface area contributed by atoms with Crippen molar-refractivity contribution in [3.05, 3.63) is 93.4 Å². The summed E-state index contributed by atoms with van der Waals surface area (Å²) < 4.78 is 8.69. The van der Waals surface area contributed by atoms with E-state index >= 15 is 0 Å². The molecule has 1 N–H and O–H groups in total. The Kier molecular flexibility index (Phi) is 5.56. The lowest BCUT2D eigenvalue weighted by atomic mass is 10.1. The molecule has 0 spiro atoms. The van der Waals surface area contributed by atoms with Crippen LogP contribution >= 0.6 is 0 Å². The lowest BCUT2D eigenvalue weighted by Gasteiger charge is -2.09. The second-order valence-corrected chi connectivity index (χ2v) is 8.80. The molecule has 5 aromatic rings. The largest absolute Gasteiger partial charge is 0.436 e. The van der Waals surface area contributed by atoms with Crippen LogP contribution in [0.3, 0.4) is 0 Å². The van der Waals surface area contributed by atoms with E-state index in [0.717, 1.165) is 26.9 Å². The predicted molar refractivity (Wildman–Crippen MR) is 135 cm³/mol. The minimum atomic E-state index is -0.444. The predicted octanol–water partition coefficient (Wildman–Crippen LogP) is 4.71. The lowest BCUT2D eigenvalue weighted by molar-refractivity contribution is -0.117. The topological polar surface area (TPSA) is 90.5 Å². The Labute approximate surface area is 201 Å². The molecule has 0 radical (unpaired) electrons. The van der Waals surface area contributed by atoms with Crippen molar-refractivity contribution in [2.45, 2.75) is 34.2 Å². The number of amides is 1. The number of aryl methyl sites for hydroxylation is 4. The van der Waals surface area contributed by atoms with Gasteiger partial charge in [-0.15, -0.1) is 5.10 Å². The van der Waals surface area contributed by atoms with Gasteiger partial charge in [0.1, 0.15) is 12.3 Å². The van der Waals surface area contributed by atoms with E-state index in [1.807, 2.05) is 76.2 Å². The maximum Gasteiger partial charge on any atom is 0.351 e. The minimum Gasteiger partial charge on any atom is -0.436 e. The third-order valence-electron chi connectivity index (χ3n) is 5.75. The fourth-order valence-electron chi connectivity index (χ4n) is 4.14. The van der Waals surface area contributed by atoms with Gasteiger partial charge in [0.2, 0.25) is 11.6 Å². The smallest absolute Gasteiger partial charge is 0.351 e. The summed E-state index contributed by atoms with van der Waals surface area (Å²) in [5, 5.41) is 7.32. The summed E-state index contributed by atoms with van der Waals surface area (Å²) in [6.45, 7) is 7.59. The molecule has 0 aliphatic rings. The van der Waals surface area contributed by atoms with Crippen molar-refractivity contribution in [2.75, 3.05) is 5.32 Å². The highest BCUT2D eigenvalue weighted by Gasteiger charge is 2.19. The molecule has 0 saturated heterocycles. The first-order chi connectivity index (χ1) is 16.8. The monoisotopic (exact) mass is 467 g/mol. The van der Waals surface area contributed by atoms with Crippen molar-refractivity contribution in [3.8, 4) is 11.6 Å². The maximum atomic E-state index is 13.4. The van der Waals surface area contributed by atoms with Crippen LogP contribution in [0.25, 0.3) is 16.7 Å². The Morgan fingerprint density at radius 2 is 1.69 bits per heavy atom. The van der Waals surface area contributed by atoms with E-state index in [1.54, 1.807) is 12.1 Å². The molecule has 0 aliphatic heterocycles. The second-order valence-electron chi connectivity index (χ2n) is 8.80. The van der Waals surface area contributed by atoms with Crippen LogP contribution in [0.15, 0.2) is 65.5 Å². The average molecular weight is 468 g/mol. The number of rotatable bonds is 5. The molecule has 8 nitrogen and oxygen atoms in total. The van der Waals surface area contributed by atoms with Crippen LogP contribution in [0, 0.1) is 27.7 Å². The van der Waals surface area contributed by atoms with E-state index < -0.39 is 5.69 Å². The highest BCUT2D eigenvalue weighted by Crippen LogP contribution is 2.27. The molecule has 0 fully saturated rings. The van der Waals surface area contributed by atoms with Crippen molar-refractivity contribution < 1.29 is 9.53 Å². The number of aromatic nitrogens is 4. The highest BCUT2D eigenvalue weighted by molar-refractivity contribution is 5.91. The number of hydrogen-bond acceptors (Lipinski definition) is 5. The van der Waals surface area contributed by atoms with Gasteiger partial charge in [-0.1, -0.05) is 30.3 Å². The van der Waals surface area contributed by atoms with Crippen molar-refractivity contribution >= 4 is 28.3 Å². The van der Waals surface area contributed by atoms with E-state index in [9.17, 15) is 9.59 Å². The van der Waals surface area contributed by atoms with Gasteiger partial charge in [-0.25, -0.2) is 18.9 Å². The van der Waals surface area contributed by atoms with Gasteiger partial charge in [0.15, 0.2) is 0 Å². The summed E-state index contributed by atoms with van der Waals surface area (Å²) in [6.07, 6.45) is 0. The molecule has 0 bridgehead atoms. The zero-order valence-electron chi connectivity index (χ0n) is 20.0. The summed E-state index contributed by atoms with van der Waals surface area (Å²) in [5.74, 6) is 0.444. The summed E-state index contributed by atoms with van der Waals surface area (Å²) in [5.41, 5.74) is 5.73. The second kappa shape index (κ2) is 8.72. The van der Waals surface area contributed by atoms with Gasteiger partial charge >= 0.3 is 5.69 Å². The van der Waals surface area contributed by atoms with Crippen LogP contribution in [-0.2, 0) is 11.3 Å². The number of nitrogens with zero attached hydrogens (tertiary/aromatic N) is 4. The van der Waals surface area contributed by atoms with Gasteiger partial charge in [-0.05, 0) is 80.3 Å². The fourth-order valence-corrected chi connectivity index (χ4v) is 4.14. The Bertz CT molecular complexity index is 1650. The number of hydrogen-bond donors (Lipinski definition) is 1. The van der Waals surface area contributed by atoms with Crippen molar-refractivity contribution in [3.63, 3.8) is 0 Å². The molecule has 0 aliphatic carbocycles. The zero-order chi connectivity index (χ0) is 24.7. The molecule has 0 unspecified atom stereocenters. The number of nitrogens with one attached hydrogen (secondary N) is 1. The molecule has 8 heteroatoms. The van der Waals surface area contributed by atoms with Crippen LogP contribution in [0.1, 0.15) is 22.3 Å².